The minimum Gasteiger partial charge on any atom is -0.352 e. The number of benzene rings is 1. The number of halogens is 1. The molecule has 0 aromatic heterocycles. The van der Waals surface area contributed by atoms with Crippen molar-refractivity contribution in [1.29, 1.82) is 0 Å². The average molecular weight is 332 g/mol. The van der Waals surface area contributed by atoms with Crippen LogP contribution in [0, 0.1) is 10.1 Å². The summed E-state index contributed by atoms with van der Waals surface area (Å²) < 4.78 is 0. The molecule has 1 aliphatic heterocycles. The van der Waals surface area contributed by atoms with Gasteiger partial charge in [-0.25, -0.2) is 0 Å². The van der Waals surface area contributed by atoms with Crippen molar-refractivity contribution >= 4 is 35.8 Å². The molecule has 1 unspecified atom stereocenters. The van der Waals surface area contributed by atoms with Crippen molar-refractivity contribution in [2.75, 3.05) is 18.1 Å². The zero-order valence-electron chi connectivity index (χ0n) is 11.4. The standard InChI is InChI=1S/C13H17N3O3S.ClH/c17-13(7-11-9-20-6-5-14-11)15-8-10-3-1-2-4-12(10)16(18)19;/h1-4,11,14H,5-9H2,(H,15,17);1H. The van der Waals surface area contributed by atoms with Crippen LogP contribution >= 0.6 is 24.2 Å². The topological polar surface area (TPSA) is 84.3 Å². The van der Waals surface area contributed by atoms with Gasteiger partial charge in [-0.3, -0.25) is 14.9 Å². The maximum atomic E-state index is 11.8. The van der Waals surface area contributed by atoms with Gasteiger partial charge in [-0.05, 0) is 0 Å². The van der Waals surface area contributed by atoms with E-state index in [9.17, 15) is 14.9 Å². The average Bonchev–Trinajstić information content (AvgIpc) is 2.46. The lowest BCUT2D eigenvalue weighted by atomic mass is 10.1. The fourth-order valence-electron chi connectivity index (χ4n) is 2.08. The van der Waals surface area contributed by atoms with E-state index in [1.54, 1.807) is 18.2 Å². The van der Waals surface area contributed by atoms with E-state index >= 15 is 0 Å². The van der Waals surface area contributed by atoms with Crippen molar-refractivity contribution in [3.05, 3.63) is 39.9 Å². The molecule has 1 aromatic rings. The lowest BCUT2D eigenvalue weighted by molar-refractivity contribution is -0.385. The molecule has 0 spiro atoms. The maximum Gasteiger partial charge on any atom is 0.274 e. The van der Waals surface area contributed by atoms with E-state index in [1.165, 1.54) is 6.07 Å². The third kappa shape index (κ3) is 5.53. The van der Waals surface area contributed by atoms with Crippen molar-refractivity contribution in [2.24, 2.45) is 0 Å². The van der Waals surface area contributed by atoms with E-state index in [0.717, 1.165) is 18.1 Å². The van der Waals surface area contributed by atoms with Crippen LogP contribution in [0.25, 0.3) is 0 Å². The molecular weight excluding hydrogens is 314 g/mol. The van der Waals surface area contributed by atoms with Crippen LogP contribution in [0.15, 0.2) is 24.3 Å². The molecule has 0 saturated carbocycles. The van der Waals surface area contributed by atoms with Crippen LogP contribution in [0.3, 0.4) is 0 Å². The van der Waals surface area contributed by atoms with E-state index in [0.29, 0.717) is 12.0 Å². The second-order valence-corrected chi connectivity index (χ2v) is 5.74. The second-order valence-electron chi connectivity index (χ2n) is 4.59. The zero-order chi connectivity index (χ0) is 14.4. The number of carbonyl (C=O) groups excluding carboxylic acids is 1. The number of rotatable bonds is 5. The molecule has 1 atom stereocenters. The van der Waals surface area contributed by atoms with Crippen molar-refractivity contribution in [1.82, 2.24) is 10.6 Å². The molecule has 6 nitrogen and oxygen atoms in total. The summed E-state index contributed by atoms with van der Waals surface area (Å²) in [6, 6.07) is 6.65. The van der Waals surface area contributed by atoms with Crippen LogP contribution in [0.4, 0.5) is 5.69 Å². The Labute approximate surface area is 133 Å². The van der Waals surface area contributed by atoms with Gasteiger partial charge < -0.3 is 10.6 Å². The summed E-state index contributed by atoms with van der Waals surface area (Å²) in [4.78, 5) is 22.3. The van der Waals surface area contributed by atoms with Crippen molar-refractivity contribution < 1.29 is 9.72 Å². The number of carbonyl (C=O) groups is 1. The Morgan fingerprint density at radius 1 is 1.48 bits per heavy atom. The number of amides is 1. The molecule has 21 heavy (non-hydrogen) atoms. The van der Waals surface area contributed by atoms with E-state index in [1.807, 2.05) is 11.8 Å². The number of nitrogens with one attached hydrogen (secondary N) is 2. The summed E-state index contributed by atoms with van der Waals surface area (Å²) in [7, 11) is 0. The number of nitro benzene ring substituents is 1. The number of thioether (sulfide) groups is 1. The molecule has 0 bridgehead atoms. The highest BCUT2D eigenvalue weighted by Gasteiger charge is 2.17. The summed E-state index contributed by atoms with van der Waals surface area (Å²) in [5.41, 5.74) is 0.566. The fraction of sp³-hybridized carbons (Fsp3) is 0.462. The van der Waals surface area contributed by atoms with Gasteiger partial charge in [-0.15, -0.1) is 12.4 Å². The Kier molecular flexibility index (Phi) is 7.49. The summed E-state index contributed by atoms with van der Waals surface area (Å²) in [5.74, 6) is 1.93. The van der Waals surface area contributed by atoms with Crippen molar-refractivity contribution in [3.8, 4) is 0 Å². The first-order chi connectivity index (χ1) is 9.66. The number of nitro groups is 1. The third-order valence-electron chi connectivity index (χ3n) is 3.09. The molecule has 1 amide bonds. The highest BCUT2D eigenvalue weighted by molar-refractivity contribution is 7.99. The predicted molar refractivity (Wildman–Crippen MR) is 85.9 cm³/mol. The first-order valence-electron chi connectivity index (χ1n) is 6.47. The monoisotopic (exact) mass is 331 g/mol. The van der Waals surface area contributed by atoms with Crippen molar-refractivity contribution in [3.63, 3.8) is 0 Å². The second kappa shape index (κ2) is 8.86. The number of hydrogen-bond donors (Lipinski definition) is 2. The minimum atomic E-state index is -0.430. The van der Waals surface area contributed by atoms with Gasteiger partial charge in [0.05, 0.1) is 4.92 Å². The smallest absolute Gasteiger partial charge is 0.274 e. The Bertz CT molecular complexity index is 495. The van der Waals surface area contributed by atoms with Crippen LogP contribution in [0.5, 0.6) is 0 Å². The normalized spacial score (nSPS) is 17.6. The Hall–Kier alpha value is -1.31. The molecule has 2 N–H and O–H groups in total. The Balaban J connectivity index is 0.00000220. The SMILES string of the molecule is Cl.O=C(CC1CSCCN1)NCc1ccccc1[N+](=O)[O-]. The summed E-state index contributed by atoms with van der Waals surface area (Å²) >= 11 is 1.83. The summed E-state index contributed by atoms with van der Waals surface area (Å²) in [6.45, 7) is 1.11. The molecule has 0 radical (unpaired) electrons. The molecule has 0 aliphatic carbocycles. The van der Waals surface area contributed by atoms with E-state index in [4.69, 9.17) is 0 Å². The van der Waals surface area contributed by atoms with Crippen LogP contribution in [0.1, 0.15) is 12.0 Å². The number of para-hydroxylation sites is 1. The van der Waals surface area contributed by atoms with Gasteiger partial charge in [-0.1, -0.05) is 18.2 Å². The van der Waals surface area contributed by atoms with Crippen LogP contribution in [0.2, 0.25) is 0 Å². The summed E-state index contributed by atoms with van der Waals surface area (Å²) in [6.07, 6.45) is 0.410. The zero-order valence-corrected chi connectivity index (χ0v) is 13.0. The van der Waals surface area contributed by atoms with Crippen LogP contribution in [-0.2, 0) is 11.3 Å². The number of hydrogen-bond acceptors (Lipinski definition) is 5. The molecule has 1 heterocycles. The van der Waals surface area contributed by atoms with Gasteiger partial charge in [-0.2, -0.15) is 11.8 Å². The van der Waals surface area contributed by atoms with E-state index in [-0.39, 0.29) is 36.6 Å². The largest absolute Gasteiger partial charge is 0.352 e. The molecule has 1 fully saturated rings. The lowest BCUT2D eigenvalue weighted by Gasteiger charge is -2.22. The van der Waals surface area contributed by atoms with E-state index < -0.39 is 4.92 Å². The van der Waals surface area contributed by atoms with Gasteiger partial charge in [0.1, 0.15) is 0 Å². The van der Waals surface area contributed by atoms with Gasteiger partial charge in [0.25, 0.3) is 5.69 Å². The summed E-state index contributed by atoms with van der Waals surface area (Å²) in [5, 5.41) is 16.9. The molecule has 1 aromatic carbocycles. The Morgan fingerprint density at radius 2 is 2.24 bits per heavy atom. The first-order valence-corrected chi connectivity index (χ1v) is 7.62. The predicted octanol–water partition coefficient (Wildman–Crippen LogP) is 1.73. The molecule has 2 rings (SSSR count). The molecule has 8 heteroatoms. The van der Waals surface area contributed by atoms with Gasteiger partial charge in [0.15, 0.2) is 0 Å². The number of nitrogens with zero attached hydrogens (tertiary/aromatic N) is 1. The third-order valence-corrected chi connectivity index (χ3v) is 4.23. The lowest BCUT2D eigenvalue weighted by Crippen LogP contribution is -2.41. The first kappa shape index (κ1) is 17.7. The fourth-order valence-corrected chi connectivity index (χ4v) is 3.03. The van der Waals surface area contributed by atoms with Crippen molar-refractivity contribution in [2.45, 2.75) is 19.0 Å². The molecule has 1 aliphatic rings. The van der Waals surface area contributed by atoms with Crippen LogP contribution in [-0.4, -0.2) is 34.9 Å². The van der Waals surface area contributed by atoms with Crippen LogP contribution < -0.4 is 10.6 Å². The van der Waals surface area contributed by atoms with Gasteiger partial charge in [0.2, 0.25) is 5.91 Å². The molecule has 116 valence electrons. The quantitative estimate of drug-likeness (QED) is 0.634. The molecule has 1 saturated heterocycles. The highest BCUT2D eigenvalue weighted by atomic mass is 35.5. The maximum absolute atomic E-state index is 11.8. The minimum absolute atomic E-state index is 0. The van der Waals surface area contributed by atoms with Gasteiger partial charge >= 0.3 is 0 Å². The van der Waals surface area contributed by atoms with E-state index in [2.05, 4.69) is 10.6 Å². The molecular formula is C13H18ClN3O3S. The van der Waals surface area contributed by atoms with Gasteiger partial charge in [0, 0.05) is 48.7 Å². The highest BCUT2D eigenvalue weighted by Crippen LogP contribution is 2.17. The Morgan fingerprint density at radius 3 is 2.90 bits per heavy atom.